The van der Waals surface area contributed by atoms with Crippen LogP contribution >= 0.6 is 11.8 Å². The Morgan fingerprint density at radius 1 is 1.25 bits per heavy atom. The molecule has 0 aliphatic heterocycles. The number of carboxylic acid groups (broad SMARTS) is 1. The van der Waals surface area contributed by atoms with Crippen molar-refractivity contribution in [3.05, 3.63) is 64.8 Å². The van der Waals surface area contributed by atoms with E-state index >= 15 is 0 Å². The van der Waals surface area contributed by atoms with E-state index in [1.54, 1.807) is 6.92 Å². The molecule has 0 fully saturated rings. The number of rotatable bonds is 11. The van der Waals surface area contributed by atoms with Crippen molar-refractivity contribution in [2.75, 3.05) is 13.7 Å². The monoisotopic (exact) mass is 522 g/mol. The van der Waals surface area contributed by atoms with Gasteiger partial charge in [0.1, 0.15) is 18.1 Å². The zero-order valence-corrected chi connectivity index (χ0v) is 20.7. The lowest BCUT2D eigenvalue weighted by Gasteiger charge is -2.13. The average molecular weight is 523 g/mol. The SMILES string of the molecule is CCON=Cc1c(CSc2ccc([C@@H](C)CC(=O)O)cc2OC)noc1-c1ccc(C(F)(F)F)cc1. The van der Waals surface area contributed by atoms with Crippen LogP contribution in [0.2, 0.25) is 0 Å². The molecule has 11 heteroatoms. The number of oxime groups is 1. The van der Waals surface area contributed by atoms with Crippen molar-refractivity contribution in [2.45, 2.75) is 43.0 Å². The van der Waals surface area contributed by atoms with E-state index in [1.807, 2.05) is 25.1 Å². The summed E-state index contributed by atoms with van der Waals surface area (Å²) in [5.74, 6) is 0.144. The Bertz CT molecular complexity index is 1210. The number of thioether (sulfide) groups is 1. The number of nitrogens with zero attached hydrogens (tertiary/aromatic N) is 2. The predicted molar refractivity (Wildman–Crippen MR) is 129 cm³/mol. The summed E-state index contributed by atoms with van der Waals surface area (Å²) in [5.41, 5.74) is 1.50. The molecule has 1 heterocycles. The van der Waals surface area contributed by atoms with Crippen LogP contribution in [0.1, 0.15) is 48.6 Å². The number of halogens is 3. The number of methoxy groups -OCH3 is 1. The predicted octanol–water partition coefficient (Wildman–Crippen LogP) is 6.61. The molecule has 3 rings (SSSR count). The smallest absolute Gasteiger partial charge is 0.416 e. The number of hydrogen-bond acceptors (Lipinski definition) is 7. The summed E-state index contributed by atoms with van der Waals surface area (Å²) in [6.07, 6.45) is -3.01. The van der Waals surface area contributed by atoms with Crippen LogP contribution in [-0.4, -0.2) is 36.2 Å². The quantitative estimate of drug-likeness (QED) is 0.172. The molecule has 192 valence electrons. The molecule has 0 bridgehead atoms. The van der Waals surface area contributed by atoms with E-state index in [1.165, 1.54) is 37.2 Å². The molecule has 1 atom stereocenters. The highest BCUT2D eigenvalue weighted by molar-refractivity contribution is 7.98. The second-order valence-corrected chi connectivity index (χ2v) is 8.81. The van der Waals surface area contributed by atoms with Gasteiger partial charge in [0.25, 0.3) is 0 Å². The molecule has 0 aliphatic rings. The van der Waals surface area contributed by atoms with Crippen LogP contribution in [-0.2, 0) is 21.6 Å². The van der Waals surface area contributed by atoms with Gasteiger partial charge in [0.2, 0.25) is 0 Å². The van der Waals surface area contributed by atoms with E-state index in [9.17, 15) is 18.0 Å². The summed E-state index contributed by atoms with van der Waals surface area (Å²) in [6, 6.07) is 10.1. The number of aliphatic carboxylic acids is 1. The maximum atomic E-state index is 12.9. The third-order valence-corrected chi connectivity index (χ3v) is 6.33. The summed E-state index contributed by atoms with van der Waals surface area (Å²) in [4.78, 5) is 16.9. The van der Waals surface area contributed by atoms with Crippen LogP contribution in [0.4, 0.5) is 13.2 Å². The molecule has 3 aromatic rings. The van der Waals surface area contributed by atoms with E-state index in [4.69, 9.17) is 19.2 Å². The third kappa shape index (κ3) is 6.81. The van der Waals surface area contributed by atoms with Crippen molar-refractivity contribution in [1.29, 1.82) is 0 Å². The first-order chi connectivity index (χ1) is 17.1. The highest BCUT2D eigenvalue weighted by atomic mass is 32.2. The lowest BCUT2D eigenvalue weighted by Crippen LogP contribution is -2.04. The van der Waals surface area contributed by atoms with Gasteiger partial charge in [-0.1, -0.05) is 35.4 Å². The molecule has 0 spiro atoms. The van der Waals surface area contributed by atoms with Gasteiger partial charge >= 0.3 is 12.1 Å². The summed E-state index contributed by atoms with van der Waals surface area (Å²) in [5, 5.41) is 17.1. The van der Waals surface area contributed by atoms with Gasteiger partial charge in [-0.25, -0.2) is 0 Å². The van der Waals surface area contributed by atoms with Gasteiger partial charge < -0.3 is 19.2 Å². The minimum absolute atomic E-state index is 0.00381. The molecule has 0 unspecified atom stereocenters. The lowest BCUT2D eigenvalue weighted by atomic mass is 9.98. The Morgan fingerprint density at radius 3 is 2.58 bits per heavy atom. The highest BCUT2D eigenvalue weighted by Gasteiger charge is 2.30. The van der Waals surface area contributed by atoms with E-state index in [0.717, 1.165) is 22.6 Å². The zero-order chi connectivity index (χ0) is 26.3. The fraction of sp³-hybridized carbons (Fsp3) is 0.320. The Morgan fingerprint density at radius 2 is 1.97 bits per heavy atom. The van der Waals surface area contributed by atoms with Gasteiger partial charge in [-0.2, -0.15) is 13.2 Å². The molecule has 0 saturated heterocycles. The van der Waals surface area contributed by atoms with Crippen molar-refractivity contribution in [2.24, 2.45) is 5.16 Å². The third-order valence-electron chi connectivity index (χ3n) is 5.26. The lowest BCUT2D eigenvalue weighted by molar-refractivity contribution is -0.138. The number of aromatic nitrogens is 1. The van der Waals surface area contributed by atoms with Crippen molar-refractivity contribution in [3.63, 3.8) is 0 Å². The molecular formula is C25H25F3N2O5S. The first-order valence-corrected chi connectivity index (χ1v) is 12.0. The fourth-order valence-corrected chi connectivity index (χ4v) is 4.34. The van der Waals surface area contributed by atoms with Crippen molar-refractivity contribution < 1.29 is 37.2 Å². The molecule has 7 nitrogen and oxygen atoms in total. The maximum Gasteiger partial charge on any atom is 0.416 e. The molecule has 1 aromatic heterocycles. The van der Waals surface area contributed by atoms with Crippen molar-refractivity contribution in [1.82, 2.24) is 5.16 Å². The molecule has 2 aromatic carbocycles. The Hall–Kier alpha value is -3.47. The molecule has 0 radical (unpaired) electrons. The van der Waals surface area contributed by atoms with E-state index in [2.05, 4.69) is 10.3 Å². The van der Waals surface area contributed by atoms with Crippen LogP contribution in [0.15, 0.2) is 57.0 Å². The molecular weight excluding hydrogens is 497 g/mol. The minimum Gasteiger partial charge on any atom is -0.496 e. The standard InChI is InChI=1S/C25H25F3N2O5S/c1-4-34-29-13-19-20(30-35-24(19)16-5-8-18(9-6-16)25(26,27)28)14-36-22-10-7-17(12-21(22)33-3)15(2)11-23(31)32/h5-10,12-13,15H,4,11,14H2,1-3H3,(H,31,32)/t15-/m0/s1. The van der Waals surface area contributed by atoms with Crippen LogP contribution in [0.5, 0.6) is 5.75 Å². The number of benzene rings is 2. The van der Waals surface area contributed by atoms with Gasteiger partial charge in [0, 0.05) is 16.2 Å². The second kappa shape index (κ2) is 12.0. The summed E-state index contributed by atoms with van der Waals surface area (Å²) >= 11 is 1.41. The summed E-state index contributed by atoms with van der Waals surface area (Å²) < 4.78 is 49.8. The number of ether oxygens (including phenoxy) is 1. The Kier molecular flexibility index (Phi) is 9.03. The maximum absolute atomic E-state index is 12.9. The topological polar surface area (TPSA) is 94.2 Å². The van der Waals surface area contributed by atoms with Gasteiger partial charge in [-0.3, -0.25) is 4.79 Å². The van der Waals surface area contributed by atoms with Crippen molar-refractivity contribution in [3.8, 4) is 17.1 Å². The number of hydrogen-bond donors (Lipinski definition) is 1. The van der Waals surface area contributed by atoms with Gasteiger partial charge in [-0.05, 0) is 42.7 Å². The molecule has 0 amide bonds. The van der Waals surface area contributed by atoms with Gasteiger partial charge in [0.05, 0.1) is 30.9 Å². The van der Waals surface area contributed by atoms with Crippen LogP contribution < -0.4 is 4.74 Å². The van der Waals surface area contributed by atoms with Crippen LogP contribution in [0.3, 0.4) is 0 Å². The summed E-state index contributed by atoms with van der Waals surface area (Å²) in [6.45, 7) is 3.94. The van der Waals surface area contributed by atoms with Crippen molar-refractivity contribution >= 4 is 23.9 Å². The minimum atomic E-state index is -4.44. The normalized spacial score (nSPS) is 12.6. The molecule has 0 saturated carbocycles. The van der Waals surface area contributed by atoms with Crippen LogP contribution in [0, 0.1) is 0 Å². The second-order valence-electron chi connectivity index (χ2n) is 7.80. The Balaban J connectivity index is 1.86. The largest absolute Gasteiger partial charge is 0.496 e. The van der Waals surface area contributed by atoms with E-state index in [0.29, 0.717) is 34.9 Å². The van der Waals surface area contributed by atoms with Gasteiger partial charge in [-0.15, -0.1) is 11.8 Å². The molecule has 1 N–H and O–H groups in total. The van der Waals surface area contributed by atoms with Crippen LogP contribution in [0.25, 0.3) is 11.3 Å². The number of carboxylic acids is 1. The molecule has 0 aliphatic carbocycles. The summed E-state index contributed by atoms with van der Waals surface area (Å²) in [7, 11) is 1.53. The zero-order valence-electron chi connectivity index (χ0n) is 19.8. The molecule has 36 heavy (non-hydrogen) atoms. The first kappa shape index (κ1) is 27.1. The first-order valence-electron chi connectivity index (χ1n) is 11.0. The number of alkyl halides is 3. The van der Waals surface area contributed by atoms with E-state index < -0.39 is 17.7 Å². The number of carbonyl (C=O) groups is 1. The average Bonchev–Trinajstić information content (AvgIpc) is 3.24. The van der Waals surface area contributed by atoms with E-state index in [-0.39, 0.29) is 18.1 Å². The van der Waals surface area contributed by atoms with Gasteiger partial charge in [0.15, 0.2) is 5.76 Å². The highest BCUT2D eigenvalue weighted by Crippen LogP contribution is 2.37. The fourth-order valence-electron chi connectivity index (χ4n) is 3.39. The Labute approximate surface area is 210 Å².